The van der Waals surface area contributed by atoms with E-state index in [1.165, 1.54) is 21.7 Å². The van der Waals surface area contributed by atoms with Gasteiger partial charge in [0.2, 0.25) is 0 Å². The molecule has 0 unspecified atom stereocenters. The minimum absolute atomic E-state index is 0.100. The summed E-state index contributed by atoms with van der Waals surface area (Å²) in [5.41, 5.74) is 4.53. The number of rotatable bonds is 4. The molecule has 4 nitrogen and oxygen atoms in total. The Morgan fingerprint density at radius 1 is 1.04 bits per heavy atom. The second-order valence-electron chi connectivity index (χ2n) is 6.67. The van der Waals surface area contributed by atoms with E-state index in [4.69, 9.17) is 0 Å². The lowest BCUT2D eigenvalue weighted by Gasteiger charge is -2.33. The van der Waals surface area contributed by atoms with Gasteiger partial charge in [-0.25, -0.2) is 0 Å². The highest BCUT2D eigenvalue weighted by atomic mass is 16.2. The number of nitrogens with one attached hydrogen (secondary N) is 2. The summed E-state index contributed by atoms with van der Waals surface area (Å²) in [5.74, 6) is 0.100. The second-order valence-corrected chi connectivity index (χ2v) is 6.67. The number of carbonyl (C=O) groups is 1. The average Bonchev–Trinajstić information content (AvgIpc) is 2.55. The summed E-state index contributed by atoms with van der Waals surface area (Å²) in [7, 11) is 0. The largest absolute Gasteiger partial charge is 0.360 e. The summed E-state index contributed by atoms with van der Waals surface area (Å²) in [6.07, 6.45) is 0. The number of carbonyl (C=O) groups excluding carboxylic acids is 1. The number of aryl methyl sites for hydroxylation is 2. The lowest BCUT2D eigenvalue weighted by atomic mass is 10.1. The van der Waals surface area contributed by atoms with Crippen LogP contribution in [0.2, 0.25) is 0 Å². The van der Waals surface area contributed by atoms with Crippen molar-refractivity contribution in [1.29, 1.82) is 0 Å². The molecule has 2 N–H and O–H groups in total. The number of amides is 1. The first-order chi connectivity index (χ1) is 11.6. The molecule has 1 saturated heterocycles. The molecule has 2 aromatic rings. The number of piperazine rings is 1. The maximum absolute atomic E-state index is 12.3. The molecule has 1 heterocycles. The van der Waals surface area contributed by atoms with Crippen LogP contribution in [0, 0.1) is 13.8 Å². The van der Waals surface area contributed by atoms with E-state index in [9.17, 15) is 4.79 Å². The van der Waals surface area contributed by atoms with Gasteiger partial charge in [-0.15, -0.1) is 0 Å². The minimum Gasteiger partial charge on any atom is -0.360 e. The van der Waals surface area contributed by atoms with Crippen LogP contribution in [0.4, 0.5) is 11.4 Å². The Kier molecular flexibility index (Phi) is 5.16. The molecule has 126 valence electrons. The number of benzene rings is 2. The highest BCUT2D eigenvalue weighted by Gasteiger charge is 2.22. The molecule has 24 heavy (non-hydrogen) atoms. The highest BCUT2D eigenvalue weighted by molar-refractivity contribution is 5.91. The van der Waals surface area contributed by atoms with Gasteiger partial charge in [0.05, 0.1) is 26.2 Å². The molecule has 0 aliphatic carbocycles. The molecule has 0 saturated carbocycles. The fraction of sp³-hybridized carbons (Fsp3) is 0.350. The number of quaternary nitrogens is 1. The summed E-state index contributed by atoms with van der Waals surface area (Å²) in [4.78, 5) is 16.1. The zero-order valence-corrected chi connectivity index (χ0v) is 14.5. The first-order valence-electron chi connectivity index (χ1n) is 8.62. The molecule has 0 atom stereocenters. The van der Waals surface area contributed by atoms with Gasteiger partial charge in [-0.3, -0.25) is 4.79 Å². The van der Waals surface area contributed by atoms with Crippen LogP contribution in [0.25, 0.3) is 0 Å². The van der Waals surface area contributed by atoms with E-state index >= 15 is 0 Å². The zero-order valence-electron chi connectivity index (χ0n) is 14.5. The molecule has 1 fully saturated rings. The molecule has 2 aromatic carbocycles. The van der Waals surface area contributed by atoms with Crippen LogP contribution in [0.1, 0.15) is 11.1 Å². The third kappa shape index (κ3) is 4.36. The summed E-state index contributed by atoms with van der Waals surface area (Å²) >= 11 is 0. The Morgan fingerprint density at radius 2 is 1.67 bits per heavy atom. The number of para-hydroxylation sites is 1. The normalized spacial score (nSPS) is 15.3. The van der Waals surface area contributed by atoms with Crippen LogP contribution in [0.5, 0.6) is 0 Å². The summed E-state index contributed by atoms with van der Waals surface area (Å²) in [6, 6.07) is 16.7. The van der Waals surface area contributed by atoms with Gasteiger partial charge in [-0.1, -0.05) is 24.3 Å². The molecule has 1 aliphatic heterocycles. The molecular weight excluding hydrogens is 298 g/mol. The van der Waals surface area contributed by atoms with Crippen LogP contribution in [-0.2, 0) is 4.79 Å². The van der Waals surface area contributed by atoms with Gasteiger partial charge in [0.25, 0.3) is 5.91 Å². The summed E-state index contributed by atoms with van der Waals surface area (Å²) in [6.45, 7) is 8.62. The molecule has 0 bridgehead atoms. The molecular formula is C20H26N3O+. The number of nitrogens with zero attached hydrogens (tertiary/aromatic N) is 1. The fourth-order valence-electron chi connectivity index (χ4n) is 3.38. The minimum atomic E-state index is 0.100. The van der Waals surface area contributed by atoms with Crippen molar-refractivity contribution in [2.45, 2.75) is 13.8 Å². The SMILES string of the molecule is Cc1cc(C)cc(NC(=O)C[NH+]2CCN(c3ccccc3)CC2)c1. The van der Waals surface area contributed by atoms with E-state index < -0.39 is 0 Å². The Balaban J connectivity index is 1.50. The third-order valence-electron chi connectivity index (χ3n) is 4.51. The highest BCUT2D eigenvalue weighted by Crippen LogP contribution is 2.14. The van der Waals surface area contributed by atoms with Gasteiger partial charge in [0, 0.05) is 11.4 Å². The van der Waals surface area contributed by atoms with Crippen molar-refractivity contribution in [2.24, 2.45) is 0 Å². The van der Waals surface area contributed by atoms with Crippen LogP contribution in [-0.4, -0.2) is 38.6 Å². The smallest absolute Gasteiger partial charge is 0.279 e. The van der Waals surface area contributed by atoms with Gasteiger partial charge in [-0.05, 0) is 49.2 Å². The first-order valence-corrected chi connectivity index (χ1v) is 8.62. The van der Waals surface area contributed by atoms with Gasteiger partial charge >= 0.3 is 0 Å². The van der Waals surface area contributed by atoms with Crippen molar-refractivity contribution in [3.05, 3.63) is 59.7 Å². The standard InChI is InChI=1S/C20H25N3O/c1-16-12-17(2)14-18(13-16)21-20(24)15-22-8-10-23(11-9-22)19-6-4-3-5-7-19/h3-7,12-14H,8-11,15H2,1-2H3,(H,21,24)/p+1. The predicted octanol–water partition coefficient (Wildman–Crippen LogP) is 1.65. The van der Waals surface area contributed by atoms with Crippen molar-refractivity contribution in [2.75, 3.05) is 42.9 Å². The lowest BCUT2D eigenvalue weighted by Crippen LogP contribution is -3.15. The van der Waals surface area contributed by atoms with Crippen molar-refractivity contribution < 1.29 is 9.69 Å². The average molecular weight is 324 g/mol. The van der Waals surface area contributed by atoms with Crippen LogP contribution < -0.4 is 15.1 Å². The van der Waals surface area contributed by atoms with Crippen LogP contribution >= 0.6 is 0 Å². The molecule has 0 aromatic heterocycles. The maximum Gasteiger partial charge on any atom is 0.279 e. The van der Waals surface area contributed by atoms with Crippen molar-refractivity contribution in [3.63, 3.8) is 0 Å². The molecule has 0 spiro atoms. The second kappa shape index (κ2) is 7.49. The molecule has 3 rings (SSSR count). The third-order valence-corrected chi connectivity index (χ3v) is 4.51. The van der Waals surface area contributed by atoms with E-state index in [-0.39, 0.29) is 5.91 Å². The number of hydrogen-bond donors (Lipinski definition) is 2. The number of anilines is 2. The van der Waals surface area contributed by atoms with E-state index in [0.29, 0.717) is 6.54 Å². The van der Waals surface area contributed by atoms with E-state index in [2.05, 4.69) is 54.4 Å². The molecule has 1 aliphatic rings. The Labute approximate surface area is 144 Å². The van der Waals surface area contributed by atoms with E-state index in [1.54, 1.807) is 0 Å². The van der Waals surface area contributed by atoms with E-state index in [0.717, 1.165) is 31.9 Å². The van der Waals surface area contributed by atoms with Gasteiger partial charge in [-0.2, -0.15) is 0 Å². The Bertz CT molecular complexity index is 671. The van der Waals surface area contributed by atoms with Crippen LogP contribution in [0.15, 0.2) is 48.5 Å². The quantitative estimate of drug-likeness (QED) is 0.897. The Morgan fingerprint density at radius 3 is 2.29 bits per heavy atom. The fourth-order valence-corrected chi connectivity index (χ4v) is 3.38. The number of hydrogen-bond acceptors (Lipinski definition) is 2. The zero-order chi connectivity index (χ0) is 16.9. The topological polar surface area (TPSA) is 36.8 Å². The monoisotopic (exact) mass is 324 g/mol. The van der Waals surface area contributed by atoms with Gasteiger partial charge in [0.15, 0.2) is 6.54 Å². The predicted molar refractivity (Wildman–Crippen MR) is 98.8 cm³/mol. The van der Waals surface area contributed by atoms with Gasteiger partial charge in [0.1, 0.15) is 0 Å². The lowest BCUT2D eigenvalue weighted by molar-refractivity contribution is -0.892. The van der Waals surface area contributed by atoms with Crippen molar-refractivity contribution >= 4 is 17.3 Å². The molecule has 4 heteroatoms. The molecule has 1 amide bonds. The Hall–Kier alpha value is -2.33. The molecule has 0 radical (unpaired) electrons. The summed E-state index contributed by atoms with van der Waals surface area (Å²) in [5, 5.41) is 3.04. The van der Waals surface area contributed by atoms with Crippen LogP contribution in [0.3, 0.4) is 0 Å². The van der Waals surface area contributed by atoms with Crippen molar-refractivity contribution in [3.8, 4) is 0 Å². The first kappa shape index (κ1) is 16.5. The summed E-state index contributed by atoms with van der Waals surface area (Å²) < 4.78 is 0. The van der Waals surface area contributed by atoms with E-state index in [1.807, 2.05) is 18.2 Å². The maximum atomic E-state index is 12.3. The van der Waals surface area contributed by atoms with Crippen molar-refractivity contribution in [1.82, 2.24) is 0 Å². The van der Waals surface area contributed by atoms with Gasteiger partial charge < -0.3 is 15.1 Å².